The summed E-state index contributed by atoms with van der Waals surface area (Å²) in [6.45, 7) is 0.564. The highest BCUT2D eigenvalue weighted by Gasteiger charge is 2.09. The maximum atomic E-state index is 12.1. The molecule has 5 heteroatoms. The molecule has 0 aliphatic carbocycles. The molecular weight excluding hydrogens is 286 g/mol. The number of fused-ring (bicyclic) bond motifs is 1. The number of carbonyl (C=O) groups excluding carboxylic acids is 1. The molecule has 0 radical (unpaired) electrons. The van der Waals surface area contributed by atoms with E-state index in [4.69, 9.17) is 11.6 Å². The summed E-state index contributed by atoms with van der Waals surface area (Å²) in [5.41, 5.74) is 2.33. The van der Waals surface area contributed by atoms with Gasteiger partial charge in [0.15, 0.2) is 0 Å². The van der Waals surface area contributed by atoms with Crippen LogP contribution in [0.5, 0.6) is 0 Å². The van der Waals surface area contributed by atoms with E-state index in [1.165, 1.54) is 0 Å². The second-order valence-corrected chi connectivity index (χ2v) is 5.16. The number of nitrogens with zero attached hydrogens (tertiary/aromatic N) is 2. The Morgan fingerprint density at radius 3 is 2.76 bits per heavy atom. The van der Waals surface area contributed by atoms with Crippen LogP contribution in [0.2, 0.25) is 5.02 Å². The number of imidazole rings is 1. The first kappa shape index (κ1) is 13.6. The predicted molar refractivity (Wildman–Crippen MR) is 82.7 cm³/mol. The fourth-order valence-electron chi connectivity index (χ4n) is 2.11. The van der Waals surface area contributed by atoms with Crippen molar-refractivity contribution in [2.75, 3.05) is 6.54 Å². The predicted octanol–water partition coefficient (Wildman–Crippen LogP) is 2.96. The van der Waals surface area contributed by atoms with E-state index in [-0.39, 0.29) is 5.91 Å². The summed E-state index contributed by atoms with van der Waals surface area (Å²) in [6, 6.07) is 13.3. The SMILES string of the molecule is O=C(NCCc1ccc(Cl)cc1)c1cn2ccccc2n1. The quantitative estimate of drug-likeness (QED) is 0.805. The first-order valence-electron chi connectivity index (χ1n) is 6.69. The van der Waals surface area contributed by atoms with E-state index in [1.54, 1.807) is 6.20 Å². The Bertz CT molecular complexity index is 732. The van der Waals surface area contributed by atoms with Gasteiger partial charge in [-0.1, -0.05) is 29.8 Å². The van der Waals surface area contributed by atoms with E-state index in [0.717, 1.165) is 17.6 Å². The Hall–Kier alpha value is -2.33. The average Bonchev–Trinajstić information content (AvgIpc) is 2.93. The molecule has 4 nitrogen and oxygen atoms in total. The van der Waals surface area contributed by atoms with Gasteiger partial charge in [0, 0.05) is 24.0 Å². The lowest BCUT2D eigenvalue weighted by atomic mass is 10.1. The number of rotatable bonds is 4. The van der Waals surface area contributed by atoms with Crippen molar-refractivity contribution in [1.82, 2.24) is 14.7 Å². The van der Waals surface area contributed by atoms with Gasteiger partial charge in [-0.3, -0.25) is 4.79 Å². The molecule has 0 saturated heterocycles. The summed E-state index contributed by atoms with van der Waals surface area (Å²) in [7, 11) is 0. The minimum absolute atomic E-state index is 0.160. The smallest absolute Gasteiger partial charge is 0.271 e. The third-order valence-electron chi connectivity index (χ3n) is 3.21. The zero-order chi connectivity index (χ0) is 14.7. The topological polar surface area (TPSA) is 46.4 Å². The van der Waals surface area contributed by atoms with Crippen LogP contribution in [0.3, 0.4) is 0 Å². The fraction of sp³-hybridized carbons (Fsp3) is 0.125. The van der Waals surface area contributed by atoms with Gasteiger partial charge in [0.05, 0.1) is 0 Å². The largest absolute Gasteiger partial charge is 0.350 e. The third-order valence-corrected chi connectivity index (χ3v) is 3.46. The number of hydrogen-bond acceptors (Lipinski definition) is 2. The van der Waals surface area contributed by atoms with Crippen molar-refractivity contribution < 1.29 is 4.79 Å². The Balaban J connectivity index is 1.60. The van der Waals surface area contributed by atoms with Crippen molar-refractivity contribution in [1.29, 1.82) is 0 Å². The molecule has 21 heavy (non-hydrogen) atoms. The van der Waals surface area contributed by atoms with E-state index in [2.05, 4.69) is 10.3 Å². The van der Waals surface area contributed by atoms with Crippen LogP contribution in [-0.4, -0.2) is 21.8 Å². The number of nitrogens with one attached hydrogen (secondary N) is 1. The Morgan fingerprint density at radius 1 is 1.19 bits per heavy atom. The van der Waals surface area contributed by atoms with Crippen LogP contribution in [0.1, 0.15) is 16.1 Å². The third kappa shape index (κ3) is 3.23. The minimum Gasteiger partial charge on any atom is -0.350 e. The second-order valence-electron chi connectivity index (χ2n) is 4.72. The van der Waals surface area contributed by atoms with Crippen molar-refractivity contribution in [3.05, 3.63) is 71.1 Å². The Morgan fingerprint density at radius 2 is 2.00 bits per heavy atom. The van der Waals surface area contributed by atoms with Crippen LogP contribution in [0.15, 0.2) is 54.9 Å². The van der Waals surface area contributed by atoms with E-state index in [9.17, 15) is 4.79 Å². The summed E-state index contributed by atoms with van der Waals surface area (Å²) < 4.78 is 1.83. The van der Waals surface area contributed by atoms with Crippen LogP contribution in [0.25, 0.3) is 5.65 Å². The van der Waals surface area contributed by atoms with Crippen LogP contribution in [0, 0.1) is 0 Å². The lowest BCUT2D eigenvalue weighted by Gasteiger charge is -2.03. The molecule has 0 fully saturated rings. The summed E-state index contributed by atoms with van der Waals surface area (Å²) in [6.07, 6.45) is 4.36. The number of halogens is 1. The van der Waals surface area contributed by atoms with E-state index < -0.39 is 0 Å². The van der Waals surface area contributed by atoms with Crippen molar-refractivity contribution >= 4 is 23.2 Å². The maximum absolute atomic E-state index is 12.1. The normalized spacial score (nSPS) is 10.7. The first-order chi connectivity index (χ1) is 10.2. The molecule has 106 valence electrons. The molecule has 2 heterocycles. The number of amides is 1. The maximum Gasteiger partial charge on any atom is 0.271 e. The van der Waals surface area contributed by atoms with Gasteiger partial charge >= 0.3 is 0 Å². The second kappa shape index (κ2) is 5.97. The van der Waals surface area contributed by atoms with E-state index in [0.29, 0.717) is 17.3 Å². The number of aromatic nitrogens is 2. The first-order valence-corrected chi connectivity index (χ1v) is 7.06. The molecule has 0 aliphatic rings. The average molecular weight is 300 g/mol. The standard InChI is InChI=1S/C16H14ClN3O/c17-13-6-4-12(5-7-13)8-9-18-16(21)14-11-20-10-2-1-3-15(20)19-14/h1-7,10-11H,8-9H2,(H,18,21). The van der Waals surface area contributed by atoms with Gasteiger partial charge in [-0.2, -0.15) is 0 Å². The van der Waals surface area contributed by atoms with Gasteiger partial charge in [0.25, 0.3) is 5.91 Å². The molecule has 1 N–H and O–H groups in total. The summed E-state index contributed by atoms with van der Waals surface area (Å²) >= 11 is 5.83. The highest BCUT2D eigenvalue weighted by Crippen LogP contribution is 2.09. The zero-order valence-electron chi connectivity index (χ0n) is 11.3. The van der Waals surface area contributed by atoms with Crippen LogP contribution in [0.4, 0.5) is 0 Å². The van der Waals surface area contributed by atoms with Crippen molar-refractivity contribution in [3.8, 4) is 0 Å². The number of benzene rings is 1. The van der Waals surface area contributed by atoms with Crippen molar-refractivity contribution in [2.24, 2.45) is 0 Å². The van der Waals surface area contributed by atoms with Gasteiger partial charge in [-0.25, -0.2) is 4.98 Å². The number of carbonyl (C=O) groups is 1. The highest BCUT2D eigenvalue weighted by atomic mass is 35.5. The molecule has 3 rings (SSSR count). The monoisotopic (exact) mass is 299 g/mol. The van der Waals surface area contributed by atoms with Gasteiger partial charge in [0.2, 0.25) is 0 Å². The van der Waals surface area contributed by atoms with E-state index >= 15 is 0 Å². The van der Waals surface area contributed by atoms with Crippen LogP contribution >= 0.6 is 11.6 Å². The van der Waals surface area contributed by atoms with Crippen LogP contribution < -0.4 is 5.32 Å². The molecule has 0 atom stereocenters. The van der Waals surface area contributed by atoms with Crippen molar-refractivity contribution in [3.63, 3.8) is 0 Å². The molecule has 0 aliphatic heterocycles. The van der Waals surface area contributed by atoms with Gasteiger partial charge in [-0.05, 0) is 36.2 Å². The molecule has 1 aromatic carbocycles. The van der Waals surface area contributed by atoms with Crippen molar-refractivity contribution in [2.45, 2.75) is 6.42 Å². The summed E-state index contributed by atoms with van der Waals surface area (Å²) in [5, 5.41) is 3.59. The molecule has 3 aromatic rings. The highest BCUT2D eigenvalue weighted by molar-refractivity contribution is 6.30. The van der Waals surface area contributed by atoms with Gasteiger partial charge < -0.3 is 9.72 Å². The number of pyridine rings is 1. The lowest BCUT2D eigenvalue weighted by Crippen LogP contribution is -2.25. The molecular formula is C16H14ClN3O. The Labute approximate surface area is 127 Å². The van der Waals surface area contributed by atoms with Gasteiger partial charge in [0.1, 0.15) is 11.3 Å². The molecule has 2 aromatic heterocycles. The minimum atomic E-state index is -0.160. The molecule has 0 bridgehead atoms. The van der Waals surface area contributed by atoms with E-state index in [1.807, 2.05) is 53.1 Å². The molecule has 0 unspecified atom stereocenters. The fourth-order valence-corrected chi connectivity index (χ4v) is 2.23. The zero-order valence-corrected chi connectivity index (χ0v) is 12.0. The molecule has 1 amide bonds. The Kier molecular flexibility index (Phi) is 3.88. The molecule has 0 saturated carbocycles. The number of hydrogen-bond donors (Lipinski definition) is 1. The van der Waals surface area contributed by atoms with Gasteiger partial charge in [-0.15, -0.1) is 0 Å². The van der Waals surface area contributed by atoms with Crippen LogP contribution in [-0.2, 0) is 6.42 Å². The summed E-state index contributed by atoms with van der Waals surface area (Å²) in [4.78, 5) is 16.3. The lowest BCUT2D eigenvalue weighted by molar-refractivity contribution is 0.0950. The molecule has 0 spiro atoms. The summed E-state index contributed by atoms with van der Waals surface area (Å²) in [5.74, 6) is -0.160.